The van der Waals surface area contributed by atoms with Crippen LogP contribution < -0.4 is 11.1 Å². The fourth-order valence-electron chi connectivity index (χ4n) is 1.51. The summed E-state index contributed by atoms with van der Waals surface area (Å²) in [5, 5.41) is 12.1. The lowest BCUT2D eigenvalue weighted by Crippen LogP contribution is -2.37. The van der Waals surface area contributed by atoms with E-state index in [-0.39, 0.29) is 6.54 Å². The Bertz CT molecular complexity index is 490. The molecule has 0 aromatic carbocycles. The van der Waals surface area contributed by atoms with Gasteiger partial charge in [0.2, 0.25) is 5.91 Å². The molecule has 0 saturated heterocycles. The van der Waals surface area contributed by atoms with Gasteiger partial charge in [-0.3, -0.25) is 4.79 Å². The highest BCUT2D eigenvalue weighted by Gasteiger charge is 2.09. The monoisotopic (exact) mass is 234 g/mol. The number of carbonyl (C=O) groups excluding carboxylic acids is 1. The van der Waals surface area contributed by atoms with Crippen LogP contribution in [-0.2, 0) is 11.3 Å². The third-order valence-corrected chi connectivity index (χ3v) is 2.39. The van der Waals surface area contributed by atoms with Crippen LogP contribution >= 0.6 is 0 Å². The lowest BCUT2D eigenvalue weighted by Gasteiger charge is -2.06. The molecule has 0 bridgehead atoms. The molecule has 1 atom stereocenters. The second kappa shape index (κ2) is 4.94. The van der Waals surface area contributed by atoms with Crippen molar-refractivity contribution in [1.82, 2.24) is 14.7 Å². The molecule has 1 unspecified atom stereocenters. The lowest BCUT2D eigenvalue weighted by atomic mass is 10.3. The average Bonchev–Trinajstić information content (AvgIpc) is 2.71. The Balaban J connectivity index is 1.93. The minimum absolute atomic E-state index is 0.128. The molecule has 0 saturated carbocycles. The third-order valence-electron chi connectivity index (χ3n) is 2.39. The molecule has 1 amide bonds. The Morgan fingerprint density at radius 2 is 2.41 bits per heavy atom. The number of aliphatic hydroxyl groups excluding tert-OH is 1. The van der Waals surface area contributed by atoms with Gasteiger partial charge in [0, 0.05) is 25.5 Å². The Morgan fingerprint density at radius 3 is 3.12 bits per heavy atom. The fourth-order valence-corrected chi connectivity index (χ4v) is 1.51. The zero-order chi connectivity index (χ0) is 12.3. The maximum atomic E-state index is 10.6. The van der Waals surface area contributed by atoms with E-state index in [1.54, 1.807) is 0 Å². The van der Waals surface area contributed by atoms with Gasteiger partial charge in [-0.25, -0.2) is 4.98 Å². The molecule has 6 nitrogen and oxygen atoms in total. The molecule has 0 fully saturated rings. The van der Waals surface area contributed by atoms with Gasteiger partial charge < -0.3 is 20.6 Å². The van der Waals surface area contributed by atoms with E-state index in [1.807, 2.05) is 35.0 Å². The van der Waals surface area contributed by atoms with Gasteiger partial charge in [-0.1, -0.05) is 6.07 Å². The number of nitrogens with one attached hydrogen (secondary N) is 1. The maximum Gasteiger partial charge on any atom is 0.247 e. The molecular weight excluding hydrogens is 220 g/mol. The third kappa shape index (κ3) is 2.80. The van der Waals surface area contributed by atoms with Gasteiger partial charge in [-0.05, 0) is 12.1 Å². The van der Waals surface area contributed by atoms with Gasteiger partial charge in [0.25, 0.3) is 0 Å². The van der Waals surface area contributed by atoms with E-state index in [9.17, 15) is 9.90 Å². The quantitative estimate of drug-likeness (QED) is 0.636. The molecule has 4 N–H and O–H groups in total. The molecule has 2 aromatic rings. The van der Waals surface area contributed by atoms with Gasteiger partial charge in [0.05, 0.1) is 5.69 Å². The summed E-state index contributed by atoms with van der Waals surface area (Å²) in [6.07, 6.45) is 2.63. The Hall–Kier alpha value is -1.92. The molecule has 6 heteroatoms. The Morgan fingerprint density at radius 1 is 1.59 bits per heavy atom. The second-order valence-electron chi connectivity index (χ2n) is 3.75. The molecule has 2 heterocycles. The Kier molecular flexibility index (Phi) is 3.36. The normalized spacial score (nSPS) is 12.8. The number of amides is 1. The maximum absolute atomic E-state index is 10.6. The van der Waals surface area contributed by atoms with Crippen molar-refractivity contribution in [2.45, 2.75) is 12.6 Å². The molecule has 0 radical (unpaired) electrons. The number of hydrogen-bond donors (Lipinski definition) is 3. The zero-order valence-electron chi connectivity index (χ0n) is 9.21. The van der Waals surface area contributed by atoms with Gasteiger partial charge >= 0.3 is 0 Å². The van der Waals surface area contributed by atoms with E-state index in [1.165, 1.54) is 0 Å². The van der Waals surface area contributed by atoms with Crippen LogP contribution in [-0.4, -0.2) is 33.0 Å². The van der Waals surface area contributed by atoms with Crippen LogP contribution in [0, 0.1) is 0 Å². The fraction of sp³-hybridized carbons (Fsp3) is 0.273. The number of nitrogens with two attached hydrogens (primary N) is 1. The summed E-state index contributed by atoms with van der Waals surface area (Å²) in [4.78, 5) is 15.0. The van der Waals surface area contributed by atoms with Crippen molar-refractivity contribution in [2.75, 3.05) is 6.54 Å². The molecule has 0 aliphatic heterocycles. The van der Waals surface area contributed by atoms with Crippen molar-refractivity contribution in [2.24, 2.45) is 5.73 Å². The average molecular weight is 234 g/mol. The number of pyridine rings is 1. The molecule has 0 aliphatic carbocycles. The van der Waals surface area contributed by atoms with Crippen LogP contribution in [0.2, 0.25) is 0 Å². The minimum Gasteiger partial charge on any atom is -0.382 e. The highest BCUT2D eigenvalue weighted by atomic mass is 16.3. The first kappa shape index (κ1) is 11.6. The molecule has 0 aliphatic rings. The van der Waals surface area contributed by atoms with Gasteiger partial charge in [0.15, 0.2) is 0 Å². The van der Waals surface area contributed by atoms with Gasteiger partial charge in [-0.2, -0.15) is 0 Å². The summed E-state index contributed by atoms with van der Waals surface area (Å²) in [7, 11) is 0. The first-order valence-electron chi connectivity index (χ1n) is 5.27. The summed E-state index contributed by atoms with van der Waals surface area (Å²) < 4.78 is 1.90. The van der Waals surface area contributed by atoms with Crippen molar-refractivity contribution in [3.05, 3.63) is 36.3 Å². The van der Waals surface area contributed by atoms with Crippen molar-refractivity contribution in [3.63, 3.8) is 0 Å². The number of hydrogen-bond acceptors (Lipinski definition) is 4. The summed E-state index contributed by atoms with van der Waals surface area (Å²) >= 11 is 0. The van der Waals surface area contributed by atoms with Gasteiger partial charge in [0.1, 0.15) is 11.8 Å². The van der Waals surface area contributed by atoms with Crippen LogP contribution in [0.1, 0.15) is 5.69 Å². The SMILES string of the molecule is NC(=O)C(O)CNCc1cn2ccccc2n1. The van der Waals surface area contributed by atoms with Crippen molar-refractivity contribution >= 4 is 11.6 Å². The molecule has 90 valence electrons. The number of carbonyl (C=O) groups is 1. The first-order chi connectivity index (χ1) is 8.16. The second-order valence-corrected chi connectivity index (χ2v) is 3.75. The van der Waals surface area contributed by atoms with Crippen LogP contribution in [0.3, 0.4) is 0 Å². The number of rotatable bonds is 5. The van der Waals surface area contributed by atoms with Crippen molar-refractivity contribution in [1.29, 1.82) is 0 Å². The highest BCUT2D eigenvalue weighted by molar-refractivity contribution is 5.78. The van der Waals surface area contributed by atoms with E-state index < -0.39 is 12.0 Å². The van der Waals surface area contributed by atoms with E-state index in [4.69, 9.17) is 5.73 Å². The number of aromatic nitrogens is 2. The molecule has 2 rings (SSSR count). The number of primary amides is 1. The predicted molar refractivity (Wildman–Crippen MR) is 62.1 cm³/mol. The van der Waals surface area contributed by atoms with E-state index in [2.05, 4.69) is 10.3 Å². The number of imidazole rings is 1. The summed E-state index contributed by atoms with van der Waals surface area (Å²) in [5.41, 5.74) is 6.63. The number of fused-ring (bicyclic) bond motifs is 1. The zero-order valence-corrected chi connectivity index (χ0v) is 9.21. The largest absolute Gasteiger partial charge is 0.382 e. The lowest BCUT2D eigenvalue weighted by molar-refractivity contribution is -0.125. The van der Waals surface area contributed by atoms with Crippen LogP contribution in [0.5, 0.6) is 0 Å². The van der Waals surface area contributed by atoms with Crippen molar-refractivity contribution in [3.8, 4) is 0 Å². The standard InChI is InChI=1S/C11H14N4O2/c12-11(17)9(16)6-13-5-8-7-15-4-2-1-3-10(15)14-8/h1-4,7,9,13,16H,5-6H2,(H2,12,17). The molecule has 2 aromatic heterocycles. The topological polar surface area (TPSA) is 92.7 Å². The van der Waals surface area contributed by atoms with Crippen molar-refractivity contribution < 1.29 is 9.90 Å². The predicted octanol–water partition coefficient (Wildman–Crippen LogP) is -0.730. The van der Waals surface area contributed by atoms with Crippen LogP contribution in [0.15, 0.2) is 30.6 Å². The summed E-state index contributed by atoms with van der Waals surface area (Å²) in [6.45, 7) is 0.606. The van der Waals surface area contributed by atoms with E-state index >= 15 is 0 Å². The number of aliphatic hydroxyl groups is 1. The van der Waals surface area contributed by atoms with E-state index in [0.29, 0.717) is 6.54 Å². The molecule has 0 spiro atoms. The summed E-state index contributed by atoms with van der Waals surface area (Å²) in [6, 6.07) is 5.74. The summed E-state index contributed by atoms with van der Waals surface area (Å²) in [5.74, 6) is -0.729. The molecule has 17 heavy (non-hydrogen) atoms. The first-order valence-corrected chi connectivity index (χ1v) is 5.27. The highest BCUT2D eigenvalue weighted by Crippen LogP contribution is 2.03. The van der Waals surface area contributed by atoms with Crippen LogP contribution in [0.25, 0.3) is 5.65 Å². The van der Waals surface area contributed by atoms with Crippen LogP contribution in [0.4, 0.5) is 0 Å². The van der Waals surface area contributed by atoms with Gasteiger partial charge in [-0.15, -0.1) is 0 Å². The van der Waals surface area contributed by atoms with E-state index in [0.717, 1.165) is 11.3 Å². The Labute approximate surface area is 98.1 Å². The number of nitrogens with zero attached hydrogens (tertiary/aromatic N) is 2. The smallest absolute Gasteiger partial charge is 0.247 e. The minimum atomic E-state index is -1.16. The molecular formula is C11H14N4O2.